The Bertz CT molecular complexity index is 588. The van der Waals surface area contributed by atoms with Crippen LogP contribution >= 0.6 is 0 Å². The molecule has 0 unspecified atom stereocenters. The highest BCUT2D eigenvalue weighted by atomic mass is 32.2. The molecule has 3 N–H and O–H groups in total. The molecule has 0 aromatic heterocycles. The minimum atomic E-state index is -3.70. The van der Waals surface area contributed by atoms with E-state index < -0.39 is 21.4 Å². The SMILES string of the molecule is CCC(CC)(CC)NS(=O)(=O)c1cc(C)c(F)c(CN)c1. The van der Waals surface area contributed by atoms with E-state index in [1.807, 2.05) is 20.8 Å². The molecular weight excluding hydrogens is 291 g/mol. The van der Waals surface area contributed by atoms with E-state index in [4.69, 9.17) is 5.73 Å². The Morgan fingerprint density at radius 3 is 2.14 bits per heavy atom. The molecule has 0 fully saturated rings. The van der Waals surface area contributed by atoms with Crippen LogP contribution < -0.4 is 10.5 Å². The van der Waals surface area contributed by atoms with Crippen molar-refractivity contribution in [1.29, 1.82) is 0 Å². The molecule has 4 nitrogen and oxygen atoms in total. The van der Waals surface area contributed by atoms with Gasteiger partial charge in [0.2, 0.25) is 10.0 Å². The minimum absolute atomic E-state index is 0.0312. The Labute approximate surface area is 127 Å². The van der Waals surface area contributed by atoms with Crippen molar-refractivity contribution in [2.45, 2.75) is 63.9 Å². The monoisotopic (exact) mass is 316 g/mol. The molecule has 0 spiro atoms. The maximum Gasteiger partial charge on any atom is 0.241 e. The van der Waals surface area contributed by atoms with Gasteiger partial charge in [-0.1, -0.05) is 20.8 Å². The number of rotatable bonds is 7. The summed E-state index contributed by atoms with van der Waals surface area (Å²) in [6, 6.07) is 2.67. The lowest BCUT2D eigenvalue weighted by atomic mass is 9.91. The van der Waals surface area contributed by atoms with Crippen LogP contribution in [-0.4, -0.2) is 14.0 Å². The molecule has 1 rings (SSSR count). The molecule has 0 saturated carbocycles. The molecule has 0 atom stereocenters. The fourth-order valence-electron chi connectivity index (χ4n) is 2.42. The molecule has 0 aliphatic heterocycles. The van der Waals surface area contributed by atoms with Gasteiger partial charge < -0.3 is 5.73 Å². The van der Waals surface area contributed by atoms with E-state index >= 15 is 0 Å². The van der Waals surface area contributed by atoms with Gasteiger partial charge in [-0.25, -0.2) is 17.5 Å². The van der Waals surface area contributed by atoms with E-state index in [0.717, 1.165) is 0 Å². The lowest BCUT2D eigenvalue weighted by Gasteiger charge is -2.31. The van der Waals surface area contributed by atoms with E-state index in [9.17, 15) is 12.8 Å². The molecular formula is C15H25FN2O2S. The summed E-state index contributed by atoms with van der Waals surface area (Å²) in [5.74, 6) is -0.441. The molecule has 1 aromatic rings. The maximum absolute atomic E-state index is 13.8. The van der Waals surface area contributed by atoms with Crippen molar-refractivity contribution in [3.05, 3.63) is 29.1 Å². The summed E-state index contributed by atoms with van der Waals surface area (Å²) in [4.78, 5) is 0.0709. The fraction of sp³-hybridized carbons (Fsp3) is 0.600. The lowest BCUT2D eigenvalue weighted by Crippen LogP contribution is -2.47. The summed E-state index contributed by atoms with van der Waals surface area (Å²) in [7, 11) is -3.70. The molecule has 0 amide bonds. The van der Waals surface area contributed by atoms with Gasteiger partial charge in [0.05, 0.1) is 4.90 Å². The molecule has 1 aromatic carbocycles. The Morgan fingerprint density at radius 2 is 1.71 bits per heavy atom. The molecule has 0 radical (unpaired) electrons. The molecule has 0 saturated heterocycles. The third kappa shape index (κ3) is 3.81. The van der Waals surface area contributed by atoms with Gasteiger partial charge >= 0.3 is 0 Å². The summed E-state index contributed by atoms with van der Waals surface area (Å²) < 4.78 is 41.8. The largest absolute Gasteiger partial charge is 0.326 e. The van der Waals surface area contributed by atoms with Crippen LogP contribution in [0.5, 0.6) is 0 Å². The van der Waals surface area contributed by atoms with Gasteiger partial charge in [-0.15, -0.1) is 0 Å². The van der Waals surface area contributed by atoms with Crippen LogP contribution in [0, 0.1) is 12.7 Å². The number of nitrogens with one attached hydrogen (secondary N) is 1. The number of nitrogens with two attached hydrogens (primary N) is 1. The zero-order valence-electron chi connectivity index (χ0n) is 13.2. The minimum Gasteiger partial charge on any atom is -0.326 e. The van der Waals surface area contributed by atoms with Gasteiger partial charge in [0, 0.05) is 17.6 Å². The predicted molar refractivity (Wildman–Crippen MR) is 83.0 cm³/mol. The average molecular weight is 316 g/mol. The van der Waals surface area contributed by atoms with E-state index in [1.54, 1.807) is 6.92 Å². The van der Waals surface area contributed by atoms with Gasteiger partial charge in [0.25, 0.3) is 0 Å². The highest BCUT2D eigenvalue weighted by Crippen LogP contribution is 2.25. The third-order valence-electron chi connectivity index (χ3n) is 4.21. The summed E-state index contributed by atoms with van der Waals surface area (Å²) in [6.45, 7) is 7.38. The zero-order chi connectivity index (χ0) is 16.3. The Morgan fingerprint density at radius 1 is 1.19 bits per heavy atom. The van der Waals surface area contributed by atoms with Crippen LogP contribution in [0.1, 0.15) is 51.2 Å². The first-order valence-electron chi connectivity index (χ1n) is 7.28. The van der Waals surface area contributed by atoms with Gasteiger partial charge in [-0.05, 0) is 43.9 Å². The summed E-state index contributed by atoms with van der Waals surface area (Å²) >= 11 is 0. The second-order valence-electron chi connectivity index (χ2n) is 5.36. The second kappa shape index (κ2) is 6.85. The number of halogens is 1. The van der Waals surface area contributed by atoms with Crippen molar-refractivity contribution in [1.82, 2.24) is 4.72 Å². The fourth-order valence-corrected chi connectivity index (χ4v) is 4.17. The molecule has 6 heteroatoms. The van der Waals surface area contributed by atoms with Gasteiger partial charge in [0.1, 0.15) is 5.82 Å². The zero-order valence-corrected chi connectivity index (χ0v) is 14.0. The van der Waals surface area contributed by atoms with Gasteiger partial charge in [-0.2, -0.15) is 0 Å². The Balaban J connectivity index is 3.29. The first-order valence-corrected chi connectivity index (χ1v) is 8.76. The van der Waals surface area contributed by atoms with Crippen molar-refractivity contribution < 1.29 is 12.8 Å². The van der Waals surface area contributed by atoms with Crippen molar-refractivity contribution in [2.75, 3.05) is 0 Å². The number of hydrogen-bond acceptors (Lipinski definition) is 3. The van der Waals surface area contributed by atoms with Crippen molar-refractivity contribution >= 4 is 10.0 Å². The van der Waals surface area contributed by atoms with Crippen molar-refractivity contribution in [2.24, 2.45) is 5.73 Å². The standard InChI is InChI=1S/C15H25FN2O2S/c1-5-15(6-2,7-3)18-21(19,20)13-8-11(4)14(16)12(9-13)10-17/h8-9,18H,5-7,10,17H2,1-4H3. The first-order chi connectivity index (χ1) is 9.75. The normalized spacial score (nSPS) is 12.7. The third-order valence-corrected chi connectivity index (χ3v) is 5.77. The maximum atomic E-state index is 13.8. The van der Waals surface area contributed by atoms with E-state index in [0.29, 0.717) is 19.3 Å². The lowest BCUT2D eigenvalue weighted by molar-refractivity contribution is 0.341. The van der Waals surface area contributed by atoms with E-state index in [2.05, 4.69) is 4.72 Å². The number of benzene rings is 1. The topological polar surface area (TPSA) is 72.2 Å². The molecule has 21 heavy (non-hydrogen) atoms. The van der Waals surface area contributed by atoms with Crippen LogP contribution in [0.15, 0.2) is 17.0 Å². The van der Waals surface area contributed by atoms with Crippen LogP contribution in [0.25, 0.3) is 0 Å². The van der Waals surface area contributed by atoms with Gasteiger partial charge in [-0.3, -0.25) is 0 Å². The quantitative estimate of drug-likeness (QED) is 0.812. The number of hydrogen-bond donors (Lipinski definition) is 2. The Hall–Kier alpha value is -0.980. The first kappa shape index (κ1) is 18.1. The highest BCUT2D eigenvalue weighted by molar-refractivity contribution is 7.89. The highest BCUT2D eigenvalue weighted by Gasteiger charge is 2.30. The van der Waals surface area contributed by atoms with Gasteiger partial charge in [0.15, 0.2) is 0 Å². The summed E-state index contributed by atoms with van der Waals surface area (Å²) in [5.41, 5.74) is 5.51. The molecule has 0 aliphatic rings. The van der Waals surface area contributed by atoms with Crippen molar-refractivity contribution in [3.8, 4) is 0 Å². The van der Waals surface area contributed by atoms with Crippen LogP contribution in [0.4, 0.5) is 4.39 Å². The smallest absolute Gasteiger partial charge is 0.241 e. The molecule has 0 bridgehead atoms. The van der Waals surface area contributed by atoms with Crippen LogP contribution in [0.3, 0.4) is 0 Å². The molecule has 0 aliphatic carbocycles. The average Bonchev–Trinajstić information content (AvgIpc) is 2.47. The number of aryl methyl sites for hydroxylation is 1. The van der Waals surface area contributed by atoms with E-state index in [1.165, 1.54) is 12.1 Å². The van der Waals surface area contributed by atoms with Crippen LogP contribution in [-0.2, 0) is 16.6 Å². The molecule has 120 valence electrons. The predicted octanol–water partition coefficient (Wildman–Crippen LogP) is 2.84. The molecule has 0 heterocycles. The van der Waals surface area contributed by atoms with E-state index in [-0.39, 0.29) is 22.6 Å². The summed E-state index contributed by atoms with van der Waals surface area (Å²) in [6.07, 6.45) is 2.09. The van der Waals surface area contributed by atoms with Crippen LogP contribution in [0.2, 0.25) is 0 Å². The second-order valence-corrected chi connectivity index (χ2v) is 7.05. The van der Waals surface area contributed by atoms with Crippen molar-refractivity contribution in [3.63, 3.8) is 0 Å². The summed E-state index contributed by atoms with van der Waals surface area (Å²) in [5, 5.41) is 0. The number of sulfonamides is 1. The Kier molecular flexibility index (Phi) is 5.90.